The molecule has 0 aliphatic heterocycles. The zero-order chi connectivity index (χ0) is 16.3. The second-order valence-corrected chi connectivity index (χ2v) is 6.32. The van der Waals surface area contributed by atoms with Gasteiger partial charge in [0.1, 0.15) is 11.3 Å². The zero-order valence-electron chi connectivity index (χ0n) is 12.0. The first-order valence-corrected chi connectivity index (χ1v) is 7.82. The van der Waals surface area contributed by atoms with E-state index in [-0.39, 0.29) is 21.9 Å². The number of ether oxygens (including phenoxy) is 1. The average molecular weight is 321 g/mol. The van der Waals surface area contributed by atoms with Crippen LogP contribution >= 0.6 is 0 Å². The Morgan fingerprint density at radius 3 is 2.36 bits per heavy atom. The smallest absolute Gasteiger partial charge is 0.341 e. The predicted molar refractivity (Wildman–Crippen MR) is 81.4 cm³/mol. The standard InChI is InChI=1S/C15H15NO5S/c1-10-3-6-12(7-4-10)22(19,20)16-11-5-8-14(17)13(9-11)15(18)21-2/h3-9,16-17H,1-2H3. The molecule has 22 heavy (non-hydrogen) atoms. The molecule has 0 aliphatic carbocycles. The number of benzene rings is 2. The predicted octanol–water partition coefficient (Wildman–Crippen LogP) is 2.29. The molecule has 0 bridgehead atoms. The third kappa shape index (κ3) is 3.37. The maximum atomic E-state index is 12.3. The van der Waals surface area contributed by atoms with Gasteiger partial charge in [-0.25, -0.2) is 13.2 Å². The van der Waals surface area contributed by atoms with E-state index in [2.05, 4.69) is 9.46 Å². The molecule has 2 aromatic carbocycles. The molecule has 2 N–H and O–H groups in total. The zero-order valence-corrected chi connectivity index (χ0v) is 12.8. The monoisotopic (exact) mass is 321 g/mol. The van der Waals surface area contributed by atoms with E-state index >= 15 is 0 Å². The van der Waals surface area contributed by atoms with Crippen LogP contribution in [0.15, 0.2) is 47.4 Å². The first-order chi connectivity index (χ1) is 10.3. The Kier molecular flexibility index (Phi) is 4.37. The summed E-state index contributed by atoms with van der Waals surface area (Å²) in [5.41, 5.74) is 0.974. The van der Waals surface area contributed by atoms with Crippen LogP contribution in [0.4, 0.5) is 5.69 Å². The van der Waals surface area contributed by atoms with Crippen LogP contribution in [0.1, 0.15) is 15.9 Å². The number of esters is 1. The molecule has 2 aromatic rings. The highest BCUT2D eigenvalue weighted by Crippen LogP contribution is 2.24. The molecule has 116 valence electrons. The summed E-state index contributed by atoms with van der Waals surface area (Å²) in [4.78, 5) is 11.6. The number of sulfonamides is 1. The van der Waals surface area contributed by atoms with E-state index in [1.165, 1.54) is 37.4 Å². The summed E-state index contributed by atoms with van der Waals surface area (Å²) in [5.74, 6) is -1.04. The number of phenolic OH excluding ortho intramolecular Hbond substituents is 1. The highest BCUT2D eigenvalue weighted by Gasteiger charge is 2.17. The number of carbonyl (C=O) groups is 1. The van der Waals surface area contributed by atoms with Crippen molar-refractivity contribution in [2.45, 2.75) is 11.8 Å². The van der Waals surface area contributed by atoms with Crippen LogP contribution < -0.4 is 4.72 Å². The summed E-state index contributed by atoms with van der Waals surface area (Å²) in [6, 6.07) is 10.1. The summed E-state index contributed by atoms with van der Waals surface area (Å²) in [5, 5.41) is 9.60. The molecule has 0 spiro atoms. The second kappa shape index (κ2) is 6.07. The molecule has 0 atom stereocenters. The highest BCUT2D eigenvalue weighted by atomic mass is 32.2. The maximum Gasteiger partial charge on any atom is 0.341 e. The number of phenols is 1. The molecule has 0 saturated carbocycles. The number of hydrogen-bond donors (Lipinski definition) is 2. The van der Waals surface area contributed by atoms with Crippen molar-refractivity contribution < 1.29 is 23.1 Å². The molecule has 2 rings (SSSR count). The Morgan fingerprint density at radius 1 is 1.14 bits per heavy atom. The quantitative estimate of drug-likeness (QED) is 0.666. The largest absolute Gasteiger partial charge is 0.507 e. The van der Waals surface area contributed by atoms with Crippen molar-refractivity contribution in [2.24, 2.45) is 0 Å². The topological polar surface area (TPSA) is 92.7 Å². The van der Waals surface area contributed by atoms with Crippen molar-refractivity contribution in [3.63, 3.8) is 0 Å². The summed E-state index contributed by atoms with van der Waals surface area (Å²) in [6.07, 6.45) is 0. The number of anilines is 1. The van der Waals surface area contributed by atoms with Gasteiger partial charge in [0.05, 0.1) is 12.0 Å². The lowest BCUT2D eigenvalue weighted by molar-refractivity contribution is 0.0597. The first-order valence-electron chi connectivity index (χ1n) is 6.34. The van der Waals surface area contributed by atoms with Crippen LogP contribution in [0.3, 0.4) is 0 Å². The summed E-state index contributed by atoms with van der Waals surface area (Å²) in [7, 11) is -2.60. The summed E-state index contributed by atoms with van der Waals surface area (Å²) in [6.45, 7) is 1.85. The minimum Gasteiger partial charge on any atom is -0.507 e. The lowest BCUT2D eigenvalue weighted by Gasteiger charge is -2.10. The van der Waals surface area contributed by atoms with Gasteiger partial charge in [0.15, 0.2) is 0 Å². The molecule has 0 amide bonds. The van der Waals surface area contributed by atoms with Gasteiger partial charge in [-0.05, 0) is 37.3 Å². The Bertz CT molecular complexity index is 797. The van der Waals surface area contributed by atoms with Gasteiger partial charge < -0.3 is 9.84 Å². The highest BCUT2D eigenvalue weighted by molar-refractivity contribution is 7.92. The number of rotatable bonds is 4. The van der Waals surface area contributed by atoms with Crippen LogP contribution in [0.2, 0.25) is 0 Å². The minimum atomic E-state index is -3.78. The molecule has 0 aliphatic rings. The van der Waals surface area contributed by atoms with Gasteiger partial charge in [0.2, 0.25) is 0 Å². The molecule has 7 heteroatoms. The van der Waals surface area contributed by atoms with Crippen molar-refractivity contribution in [3.05, 3.63) is 53.6 Å². The Labute approximate surface area is 128 Å². The minimum absolute atomic E-state index is 0.103. The Balaban J connectivity index is 2.34. The van der Waals surface area contributed by atoms with E-state index in [4.69, 9.17) is 0 Å². The lowest BCUT2D eigenvalue weighted by Crippen LogP contribution is -2.13. The fraction of sp³-hybridized carbons (Fsp3) is 0.133. The van der Waals surface area contributed by atoms with E-state index in [1.807, 2.05) is 6.92 Å². The van der Waals surface area contributed by atoms with Crippen molar-refractivity contribution >= 4 is 21.7 Å². The molecule has 0 fully saturated rings. The summed E-state index contributed by atoms with van der Waals surface area (Å²) < 4.78 is 31.4. The third-order valence-corrected chi connectivity index (χ3v) is 4.38. The van der Waals surface area contributed by atoms with E-state index in [0.717, 1.165) is 5.56 Å². The molecular weight excluding hydrogens is 306 g/mol. The summed E-state index contributed by atoms with van der Waals surface area (Å²) >= 11 is 0. The van der Waals surface area contributed by atoms with Crippen LogP contribution in [0.25, 0.3) is 0 Å². The number of carbonyl (C=O) groups excluding carboxylic acids is 1. The van der Waals surface area contributed by atoms with Crippen molar-refractivity contribution in [3.8, 4) is 5.75 Å². The van der Waals surface area contributed by atoms with Crippen molar-refractivity contribution in [2.75, 3.05) is 11.8 Å². The molecule has 0 unspecified atom stereocenters. The fourth-order valence-electron chi connectivity index (χ4n) is 1.80. The Hall–Kier alpha value is -2.54. The normalized spacial score (nSPS) is 11.0. The van der Waals surface area contributed by atoms with Gasteiger partial charge in [-0.3, -0.25) is 4.72 Å². The van der Waals surface area contributed by atoms with E-state index in [9.17, 15) is 18.3 Å². The first kappa shape index (κ1) is 15.8. The van der Waals surface area contributed by atoms with Gasteiger partial charge in [-0.15, -0.1) is 0 Å². The van der Waals surface area contributed by atoms with E-state index in [0.29, 0.717) is 0 Å². The number of nitrogens with one attached hydrogen (secondary N) is 1. The van der Waals surface area contributed by atoms with Gasteiger partial charge in [0, 0.05) is 5.69 Å². The van der Waals surface area contributed by atoms with Crippen LogP contribution in [0, 0.1) is 6.92 Å². The number of aromatic hydroxyl groups is 1. The SMILES string of the molecule is COC(=O)c1cc(NS(=O)(=O)c2ccc(C)cc2)ccc1O. The average Bonchev–Trinajstić information content (AvgIpc) is 2.48. The van der Waals surface area contributed by atoms with Crippen molar-refractivity contribution in [1.29, 1.82) is 0 Å². The molecule has 0 saturated heterocycles. The lowest BCUT2D eigenvalue weighted by atomic mass is 10.2. The van der Waals surface area contributed by atoms with E-state index in [1.54, 1.807) is 12.1 Å². The van der Waals surface area contributed by atoms with Gasteiger partial charge in [-0.2, -0.15) is 0 Å². The second-order valence-electron chi connectivity index (χ2n) is 4.64. The van der Waals surface area contributed by atoms with Gasteiger partial charge in [0.25, 0.3) is 10.0 Å². The number of methoxy groups -OCH3 is 1. The fourth-order valence-corrected chi connectivity index (χ4v) is 2.85. The molecule has 0 aromatic heterocycles. The van der Waals surface area contributed by atoms with Crippen molar-refractivity contribution in [1.82, 2.24) is 0 Å². The molecule has 6 nitrogen and oxygen atoms in total. The van der Waals surface area contributed by atoms with Gasteiger partial charge >= 0.3 is 5.97 Å². The molecular formula is C15H15NO5S. The number of hydrogen-bond acceptors (Lipinski definition) is 5. The molecule has 0 heterocycles. The number of aryl methyl sites for hydroxylation is 1. The van der Waals surface area contributed by atoms with Crippen LogP contribution in [-0.2, 0) is 14.8 Å². The Morgan fingerprint density at radius 2 is 1.77 bits per heavy atom. The molecule has 0 radical (unpaired) electrons. The van der Waals surface area contributed by atoms with Crippen LogP contribution in [0.5, 0.6) is 5.75 Å². The van der Waals surface area contributed by atoms with E-state index < -0.39 is 16.0 Å². The third-order valence-electron chi connectivity index (χ3n) is 2.99. The maximum absolute atomic E-state index is 12.3. The van der Waals surface area contributed by atoms with Crippen LogP contribution in [-0.4, -0.2) is 26.6 Å². The van der Waals surface area contributed by atoms with Gasteiger partial charge in [-0.1, -0.05) is 17.7 Å².